The minimum Gasteiger partial charge on any atom is -0.293 e. The van der Waals surface area contributed by atoms with E-state index in [0.29, 0.717) is 5.92 Å². The minimum absolute atomic E-state index is 0.0602. The lowest BCUT2D eigenvalue weighted by Gasteiger charge is -2.10. The number of aliphatic imine (C=N–C) groups is 1. The molecule has 0 aromatic rings. The molecule has 13 heavy (non-hydrogen) atoms. The molecular formula is C9H14F2NP. The summed E-state index contributed by atoms with van der Waals surface area (Å²) >= 11 is 0. The van der Waals surface area contributed by atoms with Crippen LogP contribution in [0.2, 0.25) is 0 Å². The van der Waals surface area contributed by atoms with Crippen LogP contribution in [0.3, 0.4) is 0 Å². The molecule has 1 nitrogen and oxygen atoms in total. The van der Waals surface area contributed by atoms with Gasteiger partial charge in [-0.1, -0.05) is 9.24 Å². The van der Waals surface area contributed by atoms with Crippen molar-refractivity contribution in [1.82, 2.24) is 0 Å². The van der Waals surface area contributed by atoms with Crippen LogP contribution in [0.4, 0.5) is 8.78 Å². The number of hydrogen-bond acceptors (Lipinski definition) is 1. The van der Waals surface area contributed by atoms with Crippen LogP contribution in [-0.4, -0.2) is 18.4 Å². The topological polar surface area (TPSA) is 12.4 Å². The SMILES string of the molecule is CN=C(/C=C(\C)C(F)(F)P)C1CC1. The first kappa shape index (κ1) is 10.8. The van der Waals surface area contributed by atoms with Crippen molar-refractivity contribution in [2.75, 3.05) is 7.05 Å². The lowest BCUT2D eigenvalue weighted by Crippen LogP contribution is -2.09. The molecule has 0 aliphatic heterocycles. The van der Waals surface area contributed by atoms with E-state index in [4.69, 9.17) is 0 Å². The predicted octanol–water partition coefficient (Wildman–Crippen LogP) is 2.88. The molecule has 1 atom stereocenters. The maximum Gasteiger partial charge on any atom is 0.280 e. The Morgan fingerprint density at radius 1 is 1.54 bits per heavy atom. The minimum atomic E-state index is -2.80. The van der Waals surface area contributed by atoms with E-state index >= 15 is 0 Å². The van der Waals surface area contributed by atoms with Gasteiger partial charge in [-0.25, -0.2) is 0 Å². The number of halogens is 2. The Hall–Kier alpha value is -0.300. The van der Waals surface area contributed by atoms with Crippen molar-refractivity contribution >= 4 is 15.0 Å². The van der Waals surface area contributed by atoms with Gasteiger partial charge >= 0.3 is 0 Å². The molecule has 0 heterocycles. The van der Waals surface area contributed by atoms with Gasteiger partial charge in [0.05, 0.1) is 0 Å². The van der Waals surface area contributed by atoms with E-state index in [0.717, 1.165) is 18.6 Å². The summed E-state index contributed by atoms with van der Waals surface area (Å²) in [5, 5.41) is 0. The molecule has 1 fully saturated rings. The van der Waals surface area contributed by atoms with Crippen molar-refractivity contribution in [3.63, 3.8) is 0 Å². The molecule has 0 spiro atoms. The summed E-state index contributed by atoms with van der Waals surface area (Å²) in [6.45, 7) is 1.43. The van der Waals surface area contributed by atoms with Gasteiger partial charge in [-0.3, -0.25) is 4.99 Å². The van der Waals surface area contributed by atoms with E-state index < -0.39 is 5.66 Å². The standard InChI is InChI=1S/C9H14F2NP/c1-6(9(10,11)13)5-8(12-2)7-3-4-7/h5,7H,3-4,13H2,1-2H3/b6-5+,12-8?. The fourth-order valence-corrected chi connectivity index (χ4v) is 1.15. The molecule has 0 radical (unpaired) electrons. The molecule has 0 saturated heterocycles. The van der Waals surface area contributed by atoms with Crippen molar-refractivity contribution < 1.29 is 8.78 Å². The largest absolute Gasteiger partial charge is 0.293 e. The molecule has 0 N–H and O–H groups in total. The van der Waals surface area contributed by atoms with Gasteiger partial charge in [0.2, 0.25) is 0 Å². The van der Waals surface area contributed by atoms with E-state index in [1.807, 2.05) is 0 Å². The summed E-state index contributed by atoms with van der Waals surface area (Å²) < 4.78 is 25.5. The van der Waals surface area contributed by atoms with Crippen LogP contribution in [0.15, 0.2) is 16.6 Å². The Morgan fingerprint density at radius 2 is 2.08 bits per heavy atom. The summed E-state index contributed by atoms with van der Waals surface area (Å²) in [6.07, 6.45) is 3.67. The number of allylic oxidation sites excluding steroid dienone is 2. The Morgan fingerprint density at radius 3 is 2.38 bits per heavy atom. The fraction of sp³-hybridized carbons (Fsp3) is 0.667. The van der Waals surface area contributed by atoms with Crippen molar-refractivity contribution in [2.45, 2.75) is 25.4 Å². The molecule has 1 saturated carbocycles. The van der Waals surface area contributed by atoms with E-state index in [1.54, 1.807) is 7.05 Å². The molecule has 0 aromatic carbocycles. The molecule has 1 aliphatic carbocycles. The molecule has 4 heteroatoms. The van der Waals surface area contributed by atoms with E-state index in [1.165, 1.54) is 22.2 Å². The highest BCUT2D eigenvalue weighted by Crippen LogP contribution is 2.35. The zero-order valence-electron chi connectivity index (χ0n) is 7.85. The van der Waals surface area contributed by atoms with Crippen LogP contribution < -0.4 is 0 Å². The Kier molecular flexibility index (Phi) is 3.18. The van der Waals surface area contributed by atoms with Gasteiger partial charge in [-0.2, -0.15) is 8.78 Å². The van der Waals surface area contributed by atoms with Crippen molar-refractivity contribution in [1.29, 1.82) is 0 Å². The van der Waals surface area contributed by atoms with E-state index in [-0.39, 0.29) is 5.57 Å². The number of nitrogens with zero attached hydrogens (tertiary/aromatic N) is 1. The van der Waals surface area contributed by atoms with Crippen molar-refractivity contribution in [3.8, 4) is 0 Å². The van der Waals surface area contributed by atoms with Gasteiger partial charge < -0.3 is 0 Å². The second-order valence-corrected chi connectivity index (χ2v) is 4.10. The molecule has 1 aliphatic rings. The number of hydrogen-bond donors (Lipinski definition) is 0. The summed E-state index contributed by atoms with van der Waals surface area (Å²) in [5.41, 5.74) is -1.94. The first-order valence-electron chi connectivity index (χ1n) is 4.27. The third-order valence-electron chi connectivity index (χ3n) is 2.14. The first-order chi connectivity index (χ1) is 5.95. The normalized spacial score (nSPS) is 20.7. The Bertz CT molecular complexity index is 249. The fourth-order valence-electron chi connectivity index (χ4n) is 1.06. The summed E-state index contributed by atoms with van der Waals surface area (Å²) in [4.78, 5) is 4.00. The van der Waals surface area contributed by atoms with Crippen LogP contribution in [0, 0.1) is 5.92 Å². The highest BCUT2D eigenvalue weighted by molar-refractivity contribution is 7.18. The van der Waals surface area contributed by atoms with Gasteiger partial charge in [-0.05, 0) is 25.8 Å². The van der Waals surface area contributed by atoms with Crippen LogP contribution in [0.5, 0.6) is 0 Å². The van der Waals surface area contributed by atoms with Gasteiger partial charge in [0.25, 0.3) is 5.66 Å². The average Bonchev–Trinajstić information content (AvgIpc) is 2.80. The monoisotopic (exact) mass is 205 g/mol. The third-order valence-corrected chi connectivity index (χ3v) is 2.60. The molecular weight excluding hydrogens is 191 g/mol. The predicted molar refractivity (Wildman–Crippen MR) is 54.5 cm³/mol. The van der Waals surface area contributed by atoms with Gasteiger partial charge in [0.15, 0.2) is 0 Å². The Balaban J connectivity index is 2.73. The van der Waals surface area contributed by atoms with Crippen molar-refractivity contribution in [2.24, 2.45) is 10.9 Å². The Labute approximate surface area is 79.5 Å². The maximum atomic E-state index is 12.7. The lowest BCUT2D eigenvalue weighted by atomic mass is 10.1. The summed E-state index contributed by atoms with van der Waals surface area (Å²) in [5.74, 6) is 0.423. The second kappa shape index (κ2) is 3.83. The average molecular weight is 205 g/mol. The first-order valence-corrected chi connectivity index (χ1v) is 4.85. The molecule has 1 rings (SSSR count). The lowest BCUT2D eigenvalue weighted by molar-refractivity contribution is 0.147. The van der Waals surface area contributed by atoms with Crippen LogP contribution in [-0.2, 0) is 0 Å². The molecule has 1 unspecified atom stereocenters. The second-order valence-electron chi connectivity index (χ2n) is 3.37. The van der Waals surface area contributed by atoms with E-state index in [9.17, 15) is 8.78 Å². The van der Waals surface area contributed by atoms with Crippen LogP contribution in [0.1, 0.15) is 19.8 Å². The van der Waals surface area contributed by atoms with Crippen LogP contribution in [0.25, 0.3) is 0 Å². The highest BCUT2D eigenvalue weighted by Gasteiger charge is 2.29. The molecule has 74 valence electrons. The smallest absolute Gasteiger partial charge is 0.280 e. The molecule has 0 amide bonds. The van der Waals surface area contributed by atoms with Gasteiger partial charge in [-0.15, -0.1) is 0 Å². The zero-order valence-corrected chi connectivity index (χ0v) is 9.00. The quantitative estimate of drug-likeness (QED) is 0.496. The molecule has 0 bridgehead atoms. The van der Waals surface area contributed by atoms with Gasteiger partial charge in [0, 0.05) is 24.3 Å². The summed E-state index contributed by atoms with van der Waals surface area (Å²) in [7, 11) is 3.19. The highest BCUT2D eigenvalue weighted by atomic mass is 31.0. The molecule has 0 aromatic heterocycles. The number of alkyl halides is 2. The maximum absolute atomic E-state index is 12.7. The number of rotatable bonds is 3. The summed E-state index contributed by atoms with van der Waals surface area (Å²) in [6, 6.07) is 0. The zero-order chi connectivity index (χ0) is 10.1. The third kappa shape index (κ3) is 3.15. The van der Waals surface area contributed by atoms with Crippen LogP contribution >= 0.6 is 9.24 Å². The van der Waals surface area contributed by atoms with Crippen molar-refractivity contribution in [3.05, 3.63) is 11.6 Å². The van der Waals surface area contributed by atoms with Gasteiger partial charge in [0.1, 0.15) is 0 Å². The van der Waals surface area contributed by atoms with E-state index in [2.05, 4.69) is 4.99 Å².